The summed E-state index contributed by atoms with van der Waals surface area (Å²) < 4.78 is 0. The van der Waals surface area contributed by atoms with E-state index in [-0.39, 0.29) is 5.41 Å². The Bertz CT molecular complexity index is 826. The predicted molar refractivity (Wildman–Crippen MR) is 97.4 cm³/mol. The van der Waals surface area contributed by atoms with Gasteiger partial charge >= 0.3 is 0 Å². The highest BCUT2D eigenvalue weighted by atomic mass is 14.6. The maximum absolute atomic E-state index is 4.18. The number of nitrogens with zero attached hydrogens (tertiary/aromatic N) is 2. The lowest BCUT2D eigenvalue weighted by atomic mass is 9.69. The van der Waals surface area contributed by atoms with Crippen LogP contribution in [0.1, 0.15) is 23.1 Å². The van der Waals surface area contributed by atoms with Crippen LogP contribution < -0.4 is 0 Å². The van der Waals surface area contributed by atoms with E-state index >= 15 is 0 Å². The number of hydrogen-bond donors (Lipinski definition) is 0. The lowest BCUT2D eigenvalue weighted by Crippen LogP contribution is -2.26. The van der Waals surface area contributed by atoms with Gasteiger partial charge in [-0.05, 0) is 52.9 Å². The summed E-state index contributed by atoms with van der Waals surface area (Å²) >= 11 is 0. The van der Waals surface area contributed by atoms with Crippen molar-refractivity contribution in [2.24, 2.45) is 0 Å². The molecule has 1 aromatic carbocycles. The first-order valence-electron chi connectivity index (χ1n) is 8.14. The number of allylic oxidation sites excluding steroid dienone is 4. The third-order valence-corrected chi connectivity index (χ3v) is 4.69. The van der Waals surface area contributed by atoms with E-state index in [0.717, 1.165) is 6.42 Å². The van der Waals surface area contributed by atoms with Crippen LogP contribution in [0, 0.1) is 0 Å². The third-order valence-electron chi connectivity index (χ3n) is 4.69. The van der Waals surface area contributed by atoms with Crippen LogP contribution in [0.5, 0.6) is 0 Å². The van der Waals surface area contributed by atoms with Crippen molar-refractivity contribution in [1.29, 1.82) is 0 Å². The minimum absolute atomic E-state index is 0.138. The molecule has 2 aromatic heterocycles. The lowest BCUT2D eigenvalue weighted by molar-refractivity contribution is 0.648. The van der Waals surface area contributed by atoms with Crippen LogP contribution in [0.4, 0.5) is 0 Å². The van der Waals surface area contributed by atoms with Crippen LogP contribution >= 0.6 is 0 Å². The normalized spacial score (nSPS) is 19.8. The second-order valence-corrected chi connectivity index (χ2v) is 6.01. The smallest absolute Gasteiger partial charge is 0.0420 e. The monoisotopic (exact) mass is 310 g/mol. The van der Waals surface area contributed by atoms with Gasteiger partial charge in [0.25, 0.3) is 0 Å². The highest BCUT2D eigenvalue weighted by Gasteiger charge is 2.32. The molecule has 0 fully saturated rings. The van der Waals surface area contributed by atoms with Crippen molar-refractivity contribution in [1.82, 2.24) is 9.97 Å². The molecule has 0 saturated heterocycles. The maximum Gasteiger partial charge on any atom is 0.0420 e. The molecule has 3 aromatic rings. The molecule has 0 saturated carbocycles. The Morgan fingerprint density at radius 1 is 0.708 bits per heavy atom. The van der Waals surface area contributed by atoms with Gasteiger partial charge in [-0.1, -0.05) is 48.6 Å². The molecule has 2 nitrogen and oxygen atoms in total. The second-order valence-electron chi connectivity index (χ2n) is 6.01. The Labute approximate surface area is 142 Å². The van der Waals surface area contributed by atoms with E-state index in [0.29, 0.717) is 0 Å². The quantitative estimate of drug-likeness (QED) is 0.694. The molecule has 1 aliphatic rings. The first kappa shape index (κ1) is 14.6. The maximum atomic E-state index is 4.18. The summed E-state index contributed by atoms with van der Waals surface area (Å²) in [5.41, 5.74) is 4.89. The van der Waals surface area contributed by atoms with Crippen molar-refractivity contribution in [3.05, 3.63) is 114 Å². The van der Waals surface area contributed by atoms with Crippen molar-refractivity contribution < 1.29 is 0 Å². The van der Waals surface area contributed by atoms with Crippen LogP contribution in [-0.4, -0.2) is 9.97 Å². The fraction of sp³-hybridized carbons (Fsp3) is 0.0909. The van der Waals surface area contributed by atoms with Crippen molar-refractivity contribution in [2.45, 2.75) is 11.8 Å². The fourth-order valence-corrected chi connectivity index (χ4v) is 3.38. The Hall–Kier alpha value is -3.00. The minimum atomic E-state index is -0.138. The largest absolute Gasteiger partial charge is 0.265 e. The molecule has 2 heteroatoms. The number of pyridine rings is 2. The van der Waals surface area contributed by atoms with Gasteiger partial charge < -0.3 is 0 Å². The average molecular weight is 310 g/mol. The van der Waals surface area contributed by atoms with Gasteiger partial charge in [0.05, 0.1) is 0 Å². The van der Waals surface area contributed by atoms with Crippen molar-refractivity contribution in [3.63, 3.8) is 0 Å². The van der Waals surface area contributed by atoms with Crippen molar-refractivity contribution >= 4 is 5.57 Å². The zero-order valence-corrected chi connectivity index (χ0v) is 13.3. The summed E-state index contributed by atoms with van der Waals surface area (Å²) in [7, 11) is 0. The Morgan fingerprint density at radius 3 is 1.96 bits per heavy atom. The van der Waals surface area contributed by atoms with Gasteiger partial charge in [-0.15, -0.1) is 0 Å². The fourth-order valence-electron chi connectivity index (χ4n) is 3.38. The Kier molecular flexibility index (Phi) is 3.80. The molecule has 1 atom stereocenters. The molecule has 24 heavy (non-hydrogen) atoms. The summed E-state index contributed by atoms with van der Waals surface area (Å²) in [5, 5.41) is 0. The molecule has 1 unspecified atom stereocenters. The molecular weight excluding hydrogens is 292 g/mol. The van der Waals surface area contributed by atoms with Gasteiger partial charge in [0.2, 0.25) is 0 Å². The van der Waals surface area contributed by atoms with Crippen LogP contribution in [0.2, 0.25) is 0 Å². The average Bonchev–Trinajstić information content (AvgIpc) is 2.70. The third kappa shape index (κ3) is 2.56. The molecule has 0 aliphatic heterocycles. The molecule has 0 amide bonds. The first-order chi connectivity index (χ1) is 11.9. The Balaban J connectivity index is 1.78. The van der Waals surface area contributed by atoms with Crippen LogP contribution in [0.3, 0.4) is 0 Å². The first-order valence-corrected chi connectivity index (χ1v) is 8.14. The zero-order valence-electron chi connectivity index (χ0n) is 13.3. The SMILES string of the molecule is C1=CC(c2ccccc2)(c2ccncc2)CC=C1c1ccncc1. The van der Waals surface area contributed by atoms with E-state index in [4.69, 9.17) is 0 Å². The predicted octanol–water partition coefficient (Wildman–Crippen LogP) is 4.81. The molecular formula is C22H18N2. The molecule has 116 valence electrons. The van der Waals surface area contributed by atoms with E-state index in [9.17, 15) is 0 Å². The summed E-state index contributed by atoms with van der Waals surface area (Å²) in [6.45, 7) is 0. The highest BCUT2D eigenvalue weighted by molar-refractivity contribution is 5.76. The van der Waals surface area contributed by atoms with E-state index in [1.54, 1.807) is 0 Å². The number of hydrogen-bond acceptors (Lipinski definition) is 2. The van der Waals surface area contributed by atoms with Gasteiger partial charge in [-0.25, -0.2) is 0 Å². The minimum Gasteiger partial charge on any atom is -0.265 e. The van der Waals surface area contributed by atoms with Gasteiger partial charge in [-0.2, -0.15) is 0 Å². The standard InChI is InChI=1S/C22H18N2/c1-2-4-20(5-3-1)22(21-10-16-24-17-11-21)12-6-18(7-13-22)19-8-14-23-15-9-19/h1-12,14-17H,13H2. The summed E-state index contributed by atoms with van der Waals surface area (Å²) in [4.78, 5) is 8.29. The second kappa shape index (κ2) is 6.25. The van der Waals surface area contributed by atoms with Gasteiger partial charge in [0.1, 0.15) is 0 Å². The van der Waals surface area contributed by atoms with Crippen molar-refractivity contribution in [3.8, 4) is 0 Å². The summed E-state index contributed by atoms with van der Waals surface area (Å²) in [5.74, 6) is 0. The number of benzene rings is 1. The topological polar surface area (TPSA) is 25.8 Å². The molecule has 2 heterocycles. The molecule has 4 rings (SSSR count). The number of rotatable bonds is 3. The zero-order chi connectivity index (χ0) is 16.2. The van der Waals surface area contributed by atoms with E-state index in [1.165, 1.54) is 22.3 Å². The summed E-state index contributed by atoms with van der Waals surface area (Å²) in [6.07, 6.45) is 15.2. The van der Waals surface area contributed by atoms with Gasteiger partial charge in [-0.3, -0.25) is 9.97 Å². The van der Waals surface area contributed by atoms with Gasteiger partial charge in [0.15, 0.2) is 0 Å². The number of aromatic nitrogens is 2. The highest BCUT2D eigenvalue weighted by Crippen LogP contribution is 2.41. The van der Waals surface area contributed by atoms with E-state index in [1.807, 2.05) is 24.8 Å². The van der Waals surface area contributed by atoms with Crippen molar-refractivity contribution in [2.75, 3.05) is 0 Å². The molecule has 1 aliphatic carbocycles. The van der Waals surface area contributed by atoms with Crippen LogP contribution in [0.25, 0.3) is 5.57 Å². The van der Waals surface area contributed by atoms with E-state index in [2.05, 4.69) is 82.8 Å². The lowest BCUT2D eigenvalue weighted by Gasteiger charge is -2.33. The van der Waals surface area contributed by atoms with E-state index < -0.39 is 0 Å². The Morgan fingerprint density at radius 2 is 1.33 bits per heavy atom. The van der Waals surface area contributed by atoms with Crippen LogP contribution in [-0.2, 0) is 5.41 Å². The molecule has 0 spiro atoms. The molecule has 0 N–H and O–H groups in total. The summed E-state index contributed by atoms with van der Waals surface area (Å²) in [6, 6.07) is 19.0. The molecule has 0 bridgehead atoms. The van der Waals surface area contributed by atoms with Crippen LogP contribution in [0.15, 0.2) is 97.6 Å². The molecule has 0 radical (unpaired) electrons. The van der Waals surface area contributed by atoms with Gasteiger partial charge in [0, 0.05) is 30.2 Å².